The first-order valence-electron chi connectivity index (χ1n) is 9.49. The largest absolute Gasteiger partial charge is 0.378 e. The molecule has 144 valence electrons. The fourth-order valence-corrected chi connectivity index (χ4v) is 3.49. The Morgan fingerprint density at radius 1 is 1.11 bits per heavy atom. The van der Waals surface area contributed by atoms with Crippen LogP contribution in [0.5, 0.6) is 0 Å². The number of pyridine rings is 1. The van der Waals surface area contributed by atoms with E-state index < -0.39 is 0 Å². The van der Waals surface area contributed by atoms with Crippen molar-refractivity contribution in [2.75, 3.05) is 43.6 Å². The van der Waals surface area contributed by atoms with Gasteiger partial charge < -0.3 is 19.9 Å². The molecule has 6 heteroatoms. The second-order valence-electron chi connectivity index (χ2n) is 6.90. The van der Waals surface area contributed by atoms with Crippen molar-refractivity contribution in [1.82, 2.24) is 9.88 Å². The van der Waals surface area contributed by atoms with E-state index in [1.165, 1.54) is 10.8 Å². The zero-order chi connectivity index (χ0) is 19.3. The number of morpholine rings is 1. The van der Waals surface area contributed by atoms with Crippen molar-refractivity contribution < 1.29 is 9.53 Å². The molecule has 0 saturated carbocycles. The van der Waals surface area contributed by atoms with Gasteiger partial charge in [-0.1, -0.05) is 42.5 Å². The second-order valence-corrected chi connectivity index (χ2v) is 6.90. The predicted octanol–water partition coefficient (Wildman–Crippen LogP) is 3.74. The molecule has 2 heterocycles. The maximum atomic E-state index is 12.8. The number of rotatable bonds is 4. The van der Waals surface area contributed by atoms with Crippen LogP contribution in [0.4, 0.5) is 16.3 Å². The standard InChI is InChI=1S/C22H24N4O2/c1-25(16-18-8-4-7-17-6-2-3-9-19(17)18)22(27)24-20-10-5-11-23-21(20)26-12-14-28-15-13-26/h2-11H,12-16H2,1H3,(H,24,27). The molecule has 3 aromatic rings. The zero-order valence-corrected chi connectivity index (χ0v) is 16.0. The Morgan fingerprint density at radius 2 is 1.89 bits per heavy atom. The highest BCUT2D eigenvalue weighted by atomic mass is 16.5. The van der Waals surface area contributed by atoms with Crippen molar-refractivity contribution in [3.63, 3.8) is 0 Å². The van der Waals surface area contributed by atoms with Crippen LogP contribution >= 0.6 is 0 Å². The molecule has 0 radical (unpaired) electrons. The Hall–Kier alpha value is -3.12. The van der Waals surface area contributed by atoms with Gasteiger partial charge in [-0.15, -0.1) is 0 Å². The quantitative estimate of drug-likeness (QED) is 0.754. The molecular formula is C22H24N4O2. The number of nitrogens with zero attached hydrogens (tertiary/aromatic N) is 3. The van der Waals surface area contributed by atoms with E-state index in [-0.39, 0.29) is 6.03 Å². The van der Waals surface area contributed by atoms with E-state index in [4.69, 9.17) is 4.74 Å². The number of carbonyl (C=O) groups is 1. The van der Waals surface area contributed by atoms with Gasteiger partial charge in [0.05, 0.1) is 18.9 Å². The smallest absolute Gasteiger partial charge is 0.321 e. The van der Waals surface area contributed by atoms with E-state index >= 15 is 0 Å². The molecule has 1 fully saturated rings. The summed E-state index contributed by atoms with van der Waals surface area (Å²) in [5.41, 5.74) is 1.84. The molecule has 0 atom stereocenters. The van der Waals surface area contributed by atoms with Crippen LogP contribution in [-0.4, -0.2) is 49.3 Å². The van der Waals surface area contributed by atoms with Gasteiger partial charge in [-0.3, -0.25) is 0 Å². The average molecular weight is 376 g/mol. The number of anilines is 2. The first kappa shape index (κ1) is 18.3. The summed E-state index contributed by atoms with van der Waals surface area (Å²) in [5, 5.41) is 5.36. The van der Waals surface area contributed by atoms with Crippen LogP contribution in [0.1, 0.15) is 5.56 Å². The summed E-state index contributed by atoms with van der Waals surface area (Å²) in [6, 6.07) is 18.0. The Kier molecular flexibility index (Phi) is 5.39. The Morgan fingerprint density at radius 3 is 2.75 bits per heavy atom. The molecule has 1 aliphatic heterocycles. The number of nitrogens with one attached hydrogen (secondary N) is 1. The topological polar surface area (TPSA) is 57.7 Å². The molecule has 1 aliphatic rings. The fraction of sp³-hybridized carbons (Fsp3) is 0.273. The number of benzene rings is 2. The first-order valence-corrected chi connectivity index (χ1v) is 9.49. The van der Waals surface area contributed by atoms with Gasteiger partial charge in [-0.2, -0.15) is 0 Å². The third-order valence-corrected chi connectivity index (χ3v) is 4.97. The normalized spacial score (nSPS) is 14.1. The molecule has 1 aromatic heterocycles. The van der Waals surface area contributed by atoms with Gasteiger partial charge in [0.15, 0.2) is 5.82 Å². The number of fused-ring (bicyclic) bond motifs is 1. The molecule has 6 nitrogen and oxygen atoms in total. The molecule has 2 aromatic carbocycles. The first-order chi connectivity index (χ1) is 13.7. The van der Waals surface area contributed by atoms with Gasteiger partial charge in [0, 0.05) is 32.9 Å². The summed E-state index contributed by atoms with van der Waals surface area (Å²) in [6.45, 7) is 3.41. The Bertz CT molecular complexity index is 964. The summed E-state index contributed by atoms with van der Waals surface area (Å²) in [4.78, 5) is 21.1. The average Bonchev–Trinajstić information content (AvgIpc) is 2.75. The SMILES string of the molecule is CN(Cc1cccc2ccccc12)C(=O)Nc1cccnc1N1CCOCC1. The highest BCUT2D eigenvalue weighted by Crippen LogP contribution is 2.24. The molecule has 0 aliphatic carbocycles. The minimum atomic E-state index is -0.157. The number of amides is 2. The number of hydrogen-bond donors (Lipinski definition) is 1. The lowest BCUT2D eigenvalue weighted by Crippen LogP contribution is -2.38. The third kappa shape index (κ3) is 3.92. The number of urea groups is 1. The van der Waals surface area contributed by atoms with E-state index in [0.29, 0.717) is 19.8 Å². The molecule has 4 rings (SSSR count). The van der Waals surface area contributed by atoms with Crippen molar-refractivity contribution in [1.29, 1.82) is 0 Å². The molecule has 0 bridgehead atoms. The van der Waals surface area contributed by atoms with Gasteiger partial charge in [0.2, 0.25) is 0 Å². The Balaban J connectivity index is 1.49. The minimum Gasteiger partial charge on any atom is -0.378 e. The van der Waals surface area contributed by atoms with Crippen LogP contribution in [-0.2, 0) is 11.3 Å². The van der Waals surface area contributed by atoms with E-state index in [0.717, 1.165) is 30.2 Å². The maximum absolute atomic E-state index is 12.8. The van der Waals surface area contributed by atoms with Crippen LogP contribution < -0.4 is 10.2 Å². The highest BCUT2D eigenvalue weighted by molar-refractivity contribution is 5.93. The van der Waals surface area contributed by atoms with Crippen LogP contribution in [0.15, 0.2) is 60.8 Å². The van der Waals surface area contributed by atoms with Crippen LogP contribution in [0.25, 0.3) is 10.8 Å². The number of hydrogen-bond acceptors (Lipinski definition) is 4. The van der Waals surface area contributed by atoms with E-state index in [2.05, 4.69) is 39.5 Å². The van der Waals surface area contributed by atoms with Crippen LogP contribution in [0.3, 0.4) is 0 Å². The summed E-state index contributed by atoms with van der Waals surface area (Å²) >= 11 is 0. The summed E-state index contributed by atoms with van der Waals surface area (Å²) in [6.07, 6.45) is 1.75. The molecule has 0 spiro atoms. The third-order valence-electron chi connectivity index (χ3n) is 4.97. The van der Waals surface area contributed by atoms with Gasteiger partial charge in [-0.05, 0) is 28.5 Å². The van der Waals surface area contributed by atoms with Crippen LogP contribution in [0, 0.1) is 0 Å². The zero-order valence-electron chi connectivity index (χ0n) is 16.0. The number of aromatic nitrogens is 1. The van der Waals surface area contributed by atoms with Crippen molar-refractivity contribution in [3.8, 4) is 0 Å². The maximum Gasteiger partial charge on any atom is 0.321 e. The second kappa shape index (κ2) is 8.27. The van der Waals surface area contributed by atoms with Crippen molar-refractivity contribution in [2.45, 2.75) is 6.54 Å². The lowest BCUT2D eigenvalue weighted by molar-refractivity contribution is 0.122. The lowest BCUT2D eigenvalue weighted by atomic mass is 10.0. The monoisotopic (exact) mass is 376 g/mol. The predicted molar refractivity (Wildman–Crippen MR) is 112 cm³/mol. The summed E-state index contributed by atoms with van der Waals surface area (Å²) < 4.78 is 5.42. The minimum absolute atomic E-state index is 0.157. The Labute approximate surface area is 164 Å². The van der Waals surface area contributed by atoms with Crippen molar-refractivity contribution in [3.05, 3.63) is 66.4 Å². The van der Waals surface area contributed by atoms with Crippen molar-refractivity contribution >= 4 is 28.3 Å². The van der Waals surface area contributed by atoms with Gasteiger partial charge >= 0.3 is 6.03 Å². The number of carbonyl (C=O) groups excluding carboxylic acids is 1. The van der Waals surface area contributed by atoms with Crippen LogP contribution in [0.2, 0.25) is 0 Å². The molecule has 1 saturated heterocycles. The van der Waals surface area contributed by atoms with Gasteiger partial charge in [0.1, 0.15) is 0 Å². The van der Waals surface area contributed by atoms with Crippen molar-refractivity contribution in [2.24, 2.45) is 0 Å². The molecule has 1 N–H and O–H groups in total. The molecular weight excluding hydrogens is 352 g/mol. The number of ether oxygens (including phenoxy) is 1. The summed E-state index contributed by atoms with van der Waals surface area (Å²) in [7, 11) is 1.81. The summed E-state index contributed by atoms with van der Waals surface area (Å²) in [5.74, 6) is 0.790. The molecule has 28 heavy (non-hydrogen) atoms. The van der Waals surface area contributed by atoms with Gasteiger partial charge in [0.25, 0.3) is 0 Å². The van der Waals surface area contributed by atoms with E-state index in [1.807, 2.05) is 37.4 Å². The molecule has 0 unspecified atom stereocenters. The van der Waals surface area contributed by atoms with Gasteiger partial charge in [-0.25, -0.2) is 9.78 Å². The molecule has 2 amide bonds. The fourth-order valence-electron chi connectivity index (χ4n) is 3.49. The lowest BCUT2D eigenvalue weighted by Gasteiger charge is -2.29. The van der Waals surface area contributed by atoms with E-state index in [9.17, 15) is 4.79 Å². The highest BCUT2D eigenvalue weighted by Gasteiger charge is 2.18. The van der Waals surface area contributed by atoms with E-state index in [1.54, 1.807) is 11.1 Å².